The van der Waals surface area contributed by atoms with Gasteiger partial charge in [0.15, 0.2) is 0 Å². The van der Waals surface area contributed by atoms with E-state index in [0.717, 1.165) is 14.7 Å². The summed E-state index contributed by atoms with van der Waals surface area (Å²) in [4.78, 5) is 107. The summed E-state index contributed by atoms with van der Waals surface area (Å²) in [5, 5.41) is 16.1. The van der Waals surface area contributed by atoms with E-state index in [4.69, 9.17) is 5.11 Å². The van der Waals surface area contributed by atoms with E-state index < -0.39 is 30.2 Å². The number of carboxylic acids is 1. The molecule has 0 bridgehead atoms. The summed E-state index contributed by atoms with van der Waals surface area (Å²) in [7, 11) is 9.12. The van der Waals surface area contributed by atoms with Crippen molar-refractivity contribution in [2.45, 2.75) is 33.7 Å². The Morgan fingerprint density at radius 1 is 0.583 bits per heavy atom. The van der Waals surface area contributed by atoms with Gasteiger partial charge in [-0.3, -0.25) is 43.2 Å². The predicted molar refractivity (Wildman–Crippen MR) is 176 cm³/mol. The lowest BCUT2D eigenvalue weighted by Gasteiger charge is -2.22. The Bertz CT molecular complexity index is 1060. The second-order valence-corrected chi connectivity index (χ2v) is 10.9. The van der Waals surface area contributed by atoms with Gasteiger partial charge in [0, 0.05) is 61.4 Å². The highest BCUT2D eigenvalue weighted by Crippen LogP contribution is 1.93. The van der Waals surface area contributed by atoms with Gasteiger partial charge < -0.3 is 50.5 Å². The van der Waals surface area contributed by atoms with Crippen LogP contribution in [0.3, 0.4) is 0 Å². The zero-order valence-electron chi connectivity index (χ0n) is 29.9. The van der Waals surface area contributed by atoms with Gasteiger partial charge >= 0.3 is 5.97 Å². The van der Waals surface area contributed by atoms with Crippen LogP contribution >= 0.6 is 0 Å². The van der Waals surface area contributed by atoms with Crippen molar-refractivity contribution in [3.63, 3.8) is 0 Å². The molecule has 0 saturated carbocycles. The van der Waals surface area contributed by atoms with Gasteiger partial charge in [0.2, 0.25) is 48.3 Å². The number of nitrogens with one attached hydrogen (secondary N) is 3. The molecule has 0 aromatic heterocycles. The maximum absolute atomic E-state index is 11.8. The summed E-state index contributed by atoms with van der Waals surface area (Å²) in [5.41, 5.74) is 0. The lowest BCUT2D eigenvalue weighted by Crippen LogP contribution is -2.45. The second kappa shape index (κ2) is 27.3. The summed E-state index contributed by atoms with van der Waals surface area (Å²) < 4.78 is 0. The number of carbonyl (C=O) groups is 9. The first-order chi connectivity index (χ1) is 22.2. The molecule has 48 heavy (non-hydrogen) atoms. The van der Waals surface area contributed by atoms with E-state index in [1.165, 1.54) is 30.9 Å². The number of rotatable bonds is 19. The lowest BCUT2D eigenvalue weighted by molar-refractivity contribution is -0.141. The first kappa shape index (κ1) is 47.6. The molecular weight excluding hydrogens is 634 g/mol. The molecule has 0 fully saturated rings. The van der Waals surface area contributed by atoms with Crippen LogP contribution in [0.5, 0.6) is 0 Å². The Balaban J connectivity index is -0.000000681. The number of hydrogen-bond acceptors (Lipinski definition) is 10. The summed E-state index contributed by atoms with van der Waals surface area (Å²) in [6.45, 7) is 8.24. The molecule has 0 aromatic carbocycles. The smallest absolute Gasteiger partial charge is 0.322 e. The highest BCUT2D eigenvalue weighted by Gasteiger charge is 2.19. The summed E-state index contributed by atoms with van der Waals surface area (Å²) in [6.07, 6.45) is 1.11. The largest absolute Gasteiger partial charge is 0.480 e. The van der Waals surface area contributed by atoms with Gasteiger partial charge in [-0.2, -0.15) is 0 Å². The molecule has 19 heteroatoms. The van der Waals surface area contributed by atoms with Crippen molar-refractivity contribution >= 4 is 54.2 Å². The third-order valence-electron chi connectivity index (χ3n) is 5.91. The zero-order valence-corrected chi connectivity index (χ0v) is 29.9. The van der Waals surface area contributed by atoms with Crippen LogP contribution in [0.4, 0.5) is 0 Å². The van der Waals surface area contributed by atoms with Crippen molar-refractivity contribution in [3.8, 4) is 0 Å². The van der Waals surface area contributed by atoms with Gasteiger partial charge in [0.1, 0.15) is 6.54 Å². The van der Waals surface area contributed by atoms with Crippen LogP contribution < -0.4 is 16.0 Å². The number of carboxylic acid groups (broad SMARTS) is 1. The molecule has 19 nitrogen and oxygen atoms in total. The minimum atomic E-state index is -1.19. The monoisotopic (exact) mass is 689 g/mol. The molecule has 0 radical (unpaired) electrons. The van der Waals surface area contributed by atoms with Crippen LogP contribution in [-0.4, -0.2) is 196 Å². The van der Waals surface area contributed by atoms with E-state index in [1.807, 2.05) is 27.7 Å². The van der Waals surface area contributed by atoms with Gasteiger partial charge in [-0.25, -0.2) is 0 Å². The summed E-state index contributed by atoms with van der Waals surface area (Å²) in [6, 6.07) is 0.270. The molecule has 0 rings (SSSR count). The van der Waals surface area contributed by atoms with Gasteiger partial charge in [-0.05, 0) is 13.8 Å². The molecule has 0 aromatic rings. The van der Waals surface area contributed by atoms with Crippen molar-refractivity contribution in [2.75, 3.05) is 101 Å². The second-order valence-electron chi connectivity index (χ2n) is 10.9. The topological polar surface area (TPSA) is 229 Å². The fourth-order valence-electron chi connectivity index (χ4n) is 2.85. The number of likely N-dealkylation sites (N-methyl/N-ethyl adjacent to an activating group) is 7. The Labute approximate surface area is 282 Å². The minimum Gasteiger partial charge on any atom is -0.480 e. The highest BCUT2D eigenvalue weighted by molar-refractivity contribution is 5.89. The normalized spacial score (nSPS) is 9.65. The van der Waals surface area contributed by atoms with Crippen LogP contribution in [0.1, 0.15) is 27.7 Å². The summed E-state index contributed by atoms with van der Waals surface area (Å²) >= 11 is 0. The Morgan fingerprint density at radius 2 is 1.00 bits per heavy atom. The fraction of sp³-hybridized carbons (Fsp3) is 0.690. The molecular formula is C29H55N9O10. The van der Waals surface area contributed by atoms with Crippen molar-refractivity contribution in [1.82, 2.24) is 45.3 Å². The van der Waals surface area contributed by atoms with E-state index in [1.54, 1.807) is 26.0 Å². The number of nitrogens with zero attached hydrogens (tertiary/aromatic N) is 6. The average Bonchev–Trinajstić information content (AvgIpc) is 3.02. The van der Waals surface area contributed by atoms with Crippen molar-refractivity contribution in [1.29, 1.82) is 0 Å². The van der Waals surface area contributed by atoms with E-state index in [0.29, 0.717) is 25.9 Å². The van der Waals surface area contributed by atoms with Gasteiger partial charge in [0.25, 0.3) is 0 Å². The Hall–Kier alpha value is -4.81. The SMILES string of the molecule is CCN(C)C(=O)CN(C)C(=O)CNC(C)C.CCNC(=O)CN(C)C=O.CN(C=O)CC(=O)N(C)CC(=O)N(C)CC(=O)NCC(=O)O. The first-order valence-corrected chi connectivity index (χ1v) is 15.0. The predicted octanol–water partition coefficient (Wildman–Crippen LogP) is -3.68. The molecule has 0 aliphatic carbocycles. The lowest BCUT2D eigenvalue weighted by atomic mass is 10.3. The van der Waals surface area contributed by atoms with Gasteiger partial charge in [0.05, 0.1) is 39.3 Å². The van der Waals surface area contributed by atoms with E-state index in [-0.39, 0.29) is 63.0 Å². The molecule has 276 valence electrons. The van der Waals surface area contributed by atoms with Gasteiger partial charge in [-0.1, -0.05) is 13.8 Å². The molecule has 0 saturated heterocycles. The third-order valence-corrected chi connectivity index (χ3v) is 5.91. The van der Waals surface area contributed by atoms with E-state index >= 15 is 0 Å². The fourth-order valence-corrected chi connectivity index (χ4v) is 2.85. The maximum Gasteiger partial charge on any atom is 0.322 e. The molecule has 0 aliphatic heterocycles. The molecule has 4 N–H and O–H groups in total. The summed E-state index contributed by atoms with van der Waals surface area (Å²) in [5.74, 6) is -2.95. The number of hydrogen-bond donors (Lipinski definition) is 4. The zero-order chi connectivity index (χ0) is 38.0. The van der Waals surface area contributed by atoms with E-state index in [9.17, 15) is 43.2 Å². The van der Waals surface area contributed by atoms with Gasteiger partial charge in [-0.15, -0.1) is 0 Å². The average molecular weight is 690 g/mol. The van der Waals surface area contributed by atoms with Crippen LogP contribution in [0, 0.1) is 0 Å². The molecule has 8 amide bonds. The Kier molecular flexibility index (Phi) is 27.1. The quantitative estimate of drug-likeness (QED) is 0.0966. The van der Waals surface area contributed by atoms with Crippen molar-refractivity contribution in [2.24, 2.45) is 0 Å². The number of amides is 8. The molecule has 0 unspecified atom stereocenters. The van der Waals surface area contributed by atoms with E-state index in [2.05, 4.69) is 16.0 Å². The molecule has 0 heterocycles. The number of carbonyl (C=O) groups excluding carboxylic acids is 8. The van der Waals surface area contributed by atoms with Crippen molar-refractivity contribution in [3.05, 3.63) is 0 Å². The standard InChI is InChI=1S/C12H20N4O6.C11H23N3O2.C6H12N2O2/c1-14(8-17)6-10(19)16(3)7-11(20)15(2)5-9(18)13-4-12(21)22;1-6-13(4)11(16)8-14(5)10(15)7-12-9(2)3;1-3-7-6(10)4-8(2)5-9/h8H,4-7H2,1-3H3,(H,13,18)(H,21,22);9,12H,6-8H2,1-5H3;5H,3-4H2,1-2H3,(H,7,10). The Morgan fingerprint density at radius 3 is 1.44 bits per heavy atom. The first-order valence-electron chi connectivity index (χ1n) is 15.0. The third kappa shape index (κ3) is 26.4. The van der Waals surface area contributed by atoms with Crippen LogP contribution in [-0.2, 0) is 43.2 Å². The maximum atomic E-state index is 11.8. The van der Waals surface area contributed by atoms with Crippen LogP contribution in [0.15, 0.2) is 0 Å². The minimum absolute atomic E-state index is 0.0390. The molecule has 0 spiro atoms. The van der Waals surface area contributed by atoms with Crippen LogP contribution in [0.2, 0.25) is 0 Å². The molecule has 0 aliphatic rings. The highest BCUT2D eigenvalue weighted by atomic mass is 16.4. The number of aliphatic carboxylic acids is 1. The van der Waals surface area contributed by atoms with Crippen LogP contribution in [0.25, 0.3) is 0 Å². The van der Waals surface area contributed by atoms with Crippen molar-refractivity contribution < 1.29 is 48.3 Å². The molecule has 0 atom stereocenters.